The number of rotatable bonds is 12. The van der Waals surface area contributed by atoms with Gasteiger partial charge >= 0.3 is 303 Å². The average molecular weight is 1100 g/mol. The minimum absolute atomic E-state index is 10.3. The first-order valence-electron chi connectivity index (χ1n) is 12.3. The molecule has 0 aromatic carbocycles. The third kappa shape index (κ3) is 5.45. The number of hydrogen-bond acceptors (Lipinski definition) is 0. The number of hydrogen-bond donors (Lipinski definition) is 0. The minimum atomic E-state index is -16.6. The van der Waals surface area contributed by atoms with Gasteiger partial charge in [0.15, 0.2) is 0 Å². The maximum atomic E-state index is 16.1. The second-order valence-corrected chi connectivity index (χ2v) is 21.7. The van der Waals surface area contributed by atoms with E-state index in [-0.39, 0.29) is 0 Å². The summed E-state index contributed by atoms with van der Waals surface area (Å²) in [7, 11) is -49.7. The van der Waals surface area contributed by atoms with Gasteiger partial charge in [0, 0.05) is 0 Å². The van der Waals surface area contributed by atoms with Gasteiger partial charge < -0.3 is 0 Å². The molecule has 0 radical (unpaired) electrons. The molecule has 62 heavy (non-hydrogen) atoms. The zero-order valence-corrected chi connectivity index (χ0v) is 28.3. The zero-order chi connectivity index (χ0) is 52.3. The second kappa shape index (κ2) is 13.0. The van der Waals surface area contributed by atoms with Crippen LogP contribution in [0.5, 0.6) is 0 Å². The summed E-state index contributed by atoms with van der Waals surface area (Å²) in [6.45, 7) is 0. The van der Waals surface area contributed by atoms with E-state index in [2.05, 4.69) is 0 Å². The van der Waals surface area contributed by atoms with Gasteiger partial charge in [0.1, 0.15) is 0 Å². The van der Waals surface area contributed by atoms with Crippen molar-refractivity contribution in [3.63, 3.8) is 0 Å². The van der Waals surface area contributed by atoms with E-state index in [0.29, 0.717) is 0 Å². The van der Waals surface area contributed by atoms with Crippen molar-refractivity contribution in [1.82, 2.24) is 0 Å². The van der Waals surface area contributed by atoms with Gasteiger partial charge in [-0.1, -0.05) is 0 Å². The topological polar surface area (TPSA) is 0 Å². The molecule has 0 atom stereocenters. The van der Waals surface area contributed by atoms with Crippen LogP contribution in [-0.4, -0.2) is 93.7 Å². The predicted molar refractivity (Wildman–Crippen MR) is 112 cm³/mol. The van der Waals surface area contributed by atoms with E-state index >= 15 is 55.9 Å². The van der Waals surface area contributed by atoms with Crippen LogP contribution in [0, 0.1) is 0 Å². The van der Waals surface area contributed by atoms with Gasteiger partial charge in [0.25, 0.3) is 0 Å². The van der Waals surface area contributed by atoms with E-state index < -0.39 is 115 Å². The van der Waals surface area contributed by atoms with Crippen LogP contribution in [0.2, 0.25) is 0 Å². The van der Waals surface area contributed by atoms with Gasteiger partial charge in [0.05, 0.1) is 0 Å². The van der Waals surface area contributed by atoms with E-state index in [1.165, 1.54) is 0 Å². The molecule has 0 saturated carbocycles. The third-order valence-corrected chi connectivity index (χ3v) is 19.0. The van der Waals surface area contributed by atoms with E-state index in [4.69, 9.17) is 0 Å². The molecular weight excluding hydrogens is 1100 g/mol. The van der Waals surface area contributed by atoms with E-state index in [9.17, 15) is 132 Å². The van der Waals surface area contributed by atoms with Crippen molar-refractivity contribution in [3.05, 3.63) is 0 Å². The van der Waals surface area contributed by atoms with Crippen molar-refractivity contribution < 1.29 is 188 Å². The first-order valence-corrected chi connectivity index (χ1v) is 18.3. The average Bonchev–Trinajstić information content (AvgIpc) is 2.96. The quantitative estimate of drug-likeness (QED) is 0.135. The van der Waals surface area contributed by atoms with E-state index in [1.807, 2.05) is 0 Å². The molecule has 0 aliphatic carbocycles. The summed E-state index contributed by atoms with van der Waals surface area (Å²) in [5.41, 5.74) is -124. The molecule has 0 N–H and O–H groups in total. The fourth-order valence-corrected chi connectivity index (χ4v) is 12.9. The molecule has 0 bridgehead atoms. The van der Waals surface area contributed by atoms with E-state index in [0.717, 1.165) is 0 Å². The van der Waals surface area contributed by atoms with Crippen LogP contribution >= 0.6 is 21.7 Å². The molecule has 0 unspecified atom stereocenters. The predicted octanol–water partition coefficient (Wildman–Crippen LogP) is 17.4. The Morgan fingerprint density at radius 3 is 0.290 bits per heavy atom. The van der Waals surface area contributed by atoms with E-state index in [1.54, 1.807) is 0 Å². The fourth-order valence-electron chi connectivity index (χ4n) is 4.28. The second-order valence-electron chi connectivity index (χ2n) is 11.2. The number of halogens is 43. The molecular formula is C16F43P3. The molecule has 0 rings (SSSR count). The Labute approximate surface area is 304 Å². The van der Waals surface area contributed by atoms with Crippen LogP contribution in [-0.2, 0) is 0 Å². The molecule has 0 saturated heterocycles. The fraction of sp³-hybridized carbons (Fsp3) is 1.00. The summed E-state index contributed by atoms with van der Waals surface area (Å²) < 4.78 is 601. The summed E-state index contributed by atoms with van der Waals surface area (Å²) in [6, 6.07) is 0. The first-order chi connectivity index (χ1) is 25.4. The summed E-state index contributed by atoms with van der Waals surface area (Å²) in [5, 5.41) is 0. The van der Waals surface area contributed by atoms with Crippen molar-refractivity contribution in [2.75, 3.05) is 0 Å². The monoisotopic (exact) mass is 1100 g/mol. The Morgan fingerprint density at radius 2 is 0.226 bits per heavy atom. The molecule has 0 fully saturated rings. The SMILES string of the molecule is FC(F)(F)C(F)(F)P(F)(F)(C(F)(F)C(F)(F)F)C(F)(F)C(F)(C(F)(F)P(F)(F)(C(F)(F)C(F)(F)F)C(F)(F)C(F)(F)F)C(F)(F)P(F)(F)(C(F)(F)C(F)(F)F)C(F)(F)C(F)(F)F. The Morgan fingerprint density at radius 1 is 0.145 bits per heavy atom. The first kappa shape index (κ1) is 60.3. The maximum absolute atomic E-state index is 16.6. The van der Waals surface area contributed by atoms with Crippen molar-refractivity contribution in [3.8, 4) is 0 Å². The molecule has 0 aromatic heterocycles. The molecule has 0 aromatic rings. The van der Waals surface area contributed by atoms with Gasteiger partial charge in [0.2, 0.25) is 0 Å². The Bertz CT molecular complexity index is 1420. The Kier molecular flexibility index (Phi) is 12.7. The molecule has 380 valence electrons. The van der Waals surface area contributed by atoms with Gasteiger partial charge in [-0.3, -0.25) is 0 Å². The van der Waals surface area contributed by atoms with Gasteiger partial charge in [-0.05, 0) is 0 Å². The summed E-state index contributed by atoms with van der Waals surface area (Å²) in [5.74, 6) is 0. The zero-order valence-electron chi connectivity index (χ0n) is 25.6. The van der Waals surface area contributed by atoms with Crippen LogP contribution < -0.4 is 0 Å². The standard InChI is InChI=1S/C16F43P3/c17-1(8(36,37)60(54,55,11(42,43)2(18,19)20)12(44,45)3(21,22)23,9(38,39)61(56,57,13(46,47)4(24,25)26)14(48,49)5(27,28)29)10(40,41)62(58,59,15(50,51)6(30,31)32)16(52,53)7(33,34)35. The molecule has 0 amide bonds. The van der Waals surface area contributed by atoms with Crippen molar-refractivity contribution in [2.24, 2.45) is 0 Å². The van der Waals surface area contributed by atoms with Gasteiger partial charge in [-0.25, -0.2) is 0 Å². The molecule has 0 aliphatic heterocycles. The Balaban J connectivity index is 11.5. The summed E-state index contributed by atoms with van der Waals surface area (Å²) >= 11 is 0. The molecule has 0 nitrogen and oxygen atoms in total. The number of alkyl halides is 37. The van der Waals surface area contributed by atoms with Crippen LogP contribution in [0.3, 0.4) is 0 Å². The van der Waals surface area contributed by atoms with Crippen LogP contribution in [0.4, 0.5) is 188 Å². The molecule has 46 heteroatoms. The van der Waals surface area contributed by atoms with Crippen molar-refractivity contribution in [2.45, 2.75) is 93.7 Å². The molecule has 0 aliphatic rings. The van der Waals surface area contributed by atoms with Crippen LogP contribution in [0.15, 0.2) is 0 Å². The van der Waals surface area contributed by atoms with Crippen LogP contribution in [0.25, 0.3) is 0 Å². The third-order valence-electron chi connectivity index (χ3n) is 7.73. The Hall–Kier alpha value is -1.72. The van der Waals surface area contributed by atoms with Crippen LogP contribution in [0.1, 0.15) is 0 Å². The molecule has 0 spiro atoms. The normalized spacial score (nSPS) is 20.1. The van der Waals surface area contributed by atoms with Crippen molar-refractivity contribution in [1.29, 1.82) is 0 Å². The van der Waals surface area contributed by atoms with Crippen molar-refractivity contribution >= 4 is 21.7 Å². The summed E-state index contributed by atoms with van der Waals surface area (Å²) in [4.78, 5) is 0. The van der Waals surface area contributed by atoms with Gasteiger partial charge in [-0.15, -0.1) is 0 Å². The summed E-state index contributed by atoms with van der Waals surface area (Å²) in [6.07, 6.45) is -62.1. The molecule has 0 heterocycles. The van der Waals surface area contributed by atoms with Gasteiger partial charge in [-0.2, -0.15) is 0 Å².